The van der Waals surface area contributed by atoms with E-state index in [1.807, 2.05) is 12.1 Å². The van der Waals surface area contributed by atoms with Gasteiger partial charge in [0.1, 0.15) is 5.82 Å². The zero-order chi connectivity index (χ0) is 23.3. The second-order valence-corrected chi connectivity index (χ2v) is 9.66. The maximum atomic E-state index is 13.4. The van der Waals surface area contributed by atoms with Gasteiger partial charge < -0.3 is 4.57 Å². The van der Waals surface area contributed by atoms with E-state index in [4.69, 9.17) is 10.5 Å². The van der Waals surface area contributed by atoms with E-state index in [9.17, 15) is 17.6 Å². The van der Waals surface area contributed by atoms with Crippen LogP contribution < -0.4 is 4.80 Å². The summed E-state index contributed by atoms with van der Waals surface area (Å²) in [7, 11) is -2.21. The summed E-state index contributed by atoms with van der Waals surface area (Å²) in [6, 6.07) is 13.4. The summed E-state index contributed by atoms with van der Waals surface area (Å²) < 4.78 is 42.6. The SMILES string of the molecule is Cn1c(=NC(=O)c2ccc(S(=O)(=O)N(CCC#N)CCC#N)cc2)sc2cc(F)ccc21. The number of carbonyl (C=O) groups is 1. The van der Waals surface area contributed by atoms with Gasteiger partial charge in [-0.25, -0.2) is 12.8 Å². The number of nitrogens with zero attached hydrogens (tertiary/aromatic N) is 5. The molecule has 0 spiro atoms. The van der Waals surface area contributed by atoms with Gasteiger partial charge in [0.2, 0.25) is 10.0 Å². The number of hydrogen-bond acceptors (Lipinski definition) is 6. The van der Waals surface area contributed by atoms with Crippen LogP contribution >= 0.6 is 11.3 Å². The number of fused-ring (bicyclic) bond motifs is 1. The Morgan fingerprint density at radius 1 is 1.12 bits per heavy atom. The largest absolute Gasteiger partial charge is 0.319 e. The molecule has 3 rings (SSSR count). The van der Waals surface area contributed by atoms with E-state index >= 15 is 0 Å². The third-order valence-corrected chi connectivity index (χ3v) is 7.66. The molecule has 1 aromatic heterocycles. The minimum Gasteiger partial charge on any atom is -0.319 e. The zero-order valence-electron chi connectivity index (χ0n) is 17.0. The molecule has 0 radical (unpaired) electrons. The highest BCUT2D eigenvalue weighted by atomic mass is 32.2. The van der Waals surface area contributed by atoms with Gasteiger partial charge in [0.05, 0.1) is 27.3 Å². The molecule has 8 nitrogen and oxygen atoms in total. The molecule has 0 fully saturated rings. The van der Waals surface area contributed by atoms with E-state index in [1.165, 1.54) is 47.7 Å². The van der Waals surface area contributed by atoms with Crippen molar-refractivity contribution < 1.29 is 17.6 Å². The Balaban J connectivity index is 1.88. The Labute approximate surface area is 188 Å². The first-order valence-electron chi connectivity index (χ1n) is 9.46. The van der Waals surface area contributed by atoms with Crippen LogP contribution in [0.3, 0.4) is 0 Å². The molecule has 1 heterocycles. The minimum atomic E-state index is -3.92. The Hall–Kier alpha value is -3.38. The summed E-state index contributed by atoms with van der Waals surface area (Å²) in [4.78, 5) is 17.0. The third-order valence-electron chi connectivity index (χ3n) is 4.65. The average Bonchev–Trinajstić information content (AvgIpc) is 3.07. The summed E-state index contributed by atoms with van der Waals surface area (Å²) in [5.41, 5.74) is 0.924. The summed E-state index contributed by atoms with van der Waals surface area (Å²) in [6.45, 7) is -0.0564. The molecular formula is C21H18FN5O3S2. The van der Waals surface area contributed by atoms with Crippen LogP contribution in [0.1, 0.15) is 23.2 Å². The van der Waals surface area contributed by atoms with Gasteiger partial charge in [-0.3, -0.25) is 4.79 Å². The predicted octanol–water partition coefficient (Wildman–Crippen LogP) is 2.94. The first kappa shape index (κ1) is 23.3. The zero-order valence-corrected chi connectivity index (χ0v) is 18.7. The molecule has 0 N–H and O–H groups in total. The molecule has 0 aliphatic carbocycles. The van der Waals surface area contributed by atoms with Crippen LogP contribution in [0.4, 0.5) is 4.39 Å². The summed E-state index contributed by atoms with van der Waals surface area (Å²) in [5, 5.41) is 17.5. The number of nitriles is 2. The standard InChI is InChI=1S/C21H18FN5O3S2/c1-26-18-9-6-16(22)14-19(18)31-21(26)25-20(28)15-4-7-17(8-5-15)32(29,30)27(12-2-10-23)13-3-11-24/h4-9,14H,2-3,12-13H2,1H3. The fraction of sp³-hybridized carbons (Fsp3) is 0.238. The van der Waals surface area contributed by atoms with Crippen molar-refractivity contribution in [3.05, 3.63) is 58.6 Å². The summed E-state index contributed by atoms with van der Waals surface area (Å²) in [5.74, 6) is -0.949. The smallest absolute Gasteiger partial charge is 0.279 e. The van der Waals surface area contributed by atoms with Crippen molar-refractivity contribution in [2.45, 2.75) is 17.7 Å². The van der Waals surface area contributed by atoms with E-state index in [0.717, 1.165) is 9.82 Å². The Morgan fingerprint density at radius 2 is 1.75 bits per heavy atom. The van der Waals surface area contributed by atoms with E-state index in [-0.39, 0.29) is 42.2 Å². The van der Waals surface area contributed by atoms with Crippen molar-refractivity contribution in [2.24, 2.45) is 12.0 Å². The molecule has 1 amide bonds. The Kier molecular flexibility index (Phi) is 7.15. The van der Waals surface area contributed by atoms with Crippen LogP contribution in [0.5, 0.6) is 0 Å². The molecular weight excluding hydrogens is 453 g/mol. The van der Waals surface area contributed by atoms with Crippen LogP contribution in [0.25, 0.3) is 10.2 Å². The second-order valence-electron chi connectivity index (χ2n) is 6.72. The Bertz CT molecular complexity index is 1390. The normalized spacial score (nSPS) is 12.1. The average molecular weight is 472 g/mol. The lowest BCUT2D eigenvalue weighted by atomic mass is 10.2. The topological polar surface area (TPSA) is 119 Å². The van der Waals surface area contributed by atoms with Crippen molar-refractivity contribution in [1.29, 1.82) is 10.5 Å². The second kappa shape index (κ2) is 9.83. The summed E-state index contributed by atoms with van der Waals surface area (Å²) in [6.07, 6.45) is -0.00755. The fourth-order valence-electron chi connectivity index (χ4n) is 2.99. The minimum absolute atomic E-state index is 0.00378. The number of amides is 1. The number of benzene rings is 2. The number of carbonyl (C=O) groups excluding carboxylic acids is 1. The predicted molar refractivity (Wildman–Crippen MR) is 116 cm³/mol. The molecule has 0 aliphatic heterocycles. The highest BCUT2D eigenvalue weighted by molar-refractivity contribution is 7.89. The molecule has 0 saturated heterocycles. The number of aryl methyl sites for hydroxylation is 1. The fourth-order valence-corrected chi connectivity index (χ4v) is 5.47. The van der Waals surface area contributed by atoms with E-state index in [1.54, 1.807) is 17.7 Å². The van der Waals surface area contributed by atoms with Crippen molar-refractivity contribution in [1.82, 2.24) is 8.87 Å². The number of rotatable bonds is 7. The van der Waals surface area contributed by atoms with Crippen LogP contribution in [-0.2, 0) is 17.1 Å². The van der Waals surface area contributed by atoms with Crippen molar-refractivity contribution in [3.63, 3.8) is 0 Å². The third kappa shape index (κ3) is 4.92. The Morgan fingerprint density at radius 3 is 2.34 bits per heavy atom. The first-order valence-corrected chi connectivity index (χ1v) is 11.7. The van der Waals surface area contributed by atoms with Crippen LogP contribution in [0.15, 0.2) is 52.4 Å². The maximum Gasteiger partial charge on any atom is 0.279 e. The number of hydrogen-bond donors (Lipinski definition) is 0. The van der Waals surface area contributed by atoms with Gasteiger partial charge in [0.25, 0.3) is 5.91 Å². The van der Waals surface area contributed by atoms with Crippen LogP contribution in [0, 0.1) is 28.5 Å². The van der Waals surface area contributed by atoms with Crippen molar-refractivity contribution >= 4 is 37.5 Å². The van der Waals surface area contributed by atoms with Crippen LogP contribution in [-0.4, -0.2) is 36.3 Å². The molecule has 0 atom stereocenters. The number of aromatic nitrogens is 1. The van der Waals surface area contributed by atoms with E-state index in [2.05, 4.69) is 4.99 Å². The molecule has 0 bridgehead atoms. The molecule has 3 aromatic rings. The lowest BCUT2D eigenvalue weighted by Gasteiger charge is -2.20. The number of halogens is 1. The lowest BCUT2D eigenvalue weighted by molar-refractivity contribution is 0.0998. The quantitative estimate of drug-likeness (QED) is 0.525. The summed E-state index contributed by atoms with van der Waals surface area (Å²) >= 11 is 1.17. The maximum absolute atomic E-state index is 13.4. The highest BCUT2D eigenvalue weighted by Gasteiger charge is 2.24. The molecule has 2 aromatic carbocycles. The van der Waals surface area contributed by atoms with Crippen molar-refractivity contribution in [2.75, 3.05) is 13.1 Å². The number of thiazole rings is 1. The van der Waals surface area contributed by atoms with Gasteiger partial charge in [0.15, 0.2) is 4.80 Å². The van der Waals surface area contributed by atoms with Gasteiger partial charge in [0, 0.05) is 38.5 Å². The molecule has 0 unspecified atom stereocenters. The molecule has 0 aliphatic rings. The highest BCUT2D eigenvalue weighted by Crippen LogP contribution is 2.19. The van der Waals surface area contributed by atoms with Gasteiger partial charge in [-0.05, 0) is 42.5 Å². The van der Waals surface area contributed by atoms with E-state index < -0.39 is 15.9 Å². The molecule has 32 heavy (non-hydrogen) atoms. The first-order chi connectivity index (χ1) is 15.3. The monoisotopic (exact) mass is 471 g/mol. The van der Waals surface area contributed by atoms with Gasteiger partial charge in [-0.15, -0.1) is 0 Å². The van der Waals surface area contributed by atoms with E-state index in [0.29, 0.717) is 9.50 Å². The van der Waals surface area contributed by atoms with Crippen molar-refractivity contribution in [3.8, 4) is 12.1 Å². The van der Waals surface area contributed by atoms with Crippen LogP contribution in [0.2, 0.25) is 0 Å². The van der Waals surface area contributed by atoms with Gasteiger partial charge >= 0.3 is 0 Å². The molecule has 164 valence electrons. The molecule has 11 heteroatoms. The number of sulfonamides is 1. The molecule has 0 saturated carbocycles. The lowest BCUT2D eigenvalue weighted by Crippen LogP contribution is -2.32. The van der Waals surface area contributed by atoms with Gasteiger partial charge in [-0.1, -0.05) is 11.3 Å². The van der Waals surface area contributed by atoms with Gasteiger partial charge in [-0.2, -0.15) is 19.8 Å².